The Balaban J connectivity index is 2.32. The van der Waals surface area contributed by atoms with Crippen LogP contribution in [-0.4, -0.2) is 40.1 Å². The van der Waals surface area contributed by atoms with E-state index in [9.17, 15) is 9.59 Å². The van der Waals surface area contributed by atoms with Crippen molar-refractivity contribution in [2.24, 2.45) is 5.92 Å². The van der Waals surface area contributed by atoms with Gasteiger partial charge in [0.05, 0.1) is 12.0 Å². The van der Waals surface area contributed by atoms with Crippen molar-refractivity contribution in [2.45, 2.75) is 73.5 Å². The minimum Gasteiger partial charge on any atom is -0.489 e. The first-order chi connectivity index (χ1) is 16.4. The van der Waals surface area contributed by atoms with Crippen LogP contribution in [0.25, 0.3) is 22.2 Å². The van der Waals surface area contributed by atoms with Gasteiger partial charge in [-0.05, 0) is 45.2 Å². The molecule has 0 spiro atoms. The Labute approximate surface area is 206 Å². The molecule has 0 saturated heterocycles. The number of hydrogen-bond donors (Lipinski definition) is 0. The van der Waals surface area contributed by atoms with Crippen LogP contribution in [0, 0.1) is 12.8 Å². The van der Waals surface area contributed by atoms with Crippen LogP contribution in [0.5, 0.6) is 5.75 Å². The molecule has 9 heteroatoms. The van der Waals surface area contributed by atoms with E-state index in [1.807, 2.05) is 19.9 Å². The van der Waals surface area contributed by atoms with Gasteiger partial charge in [-0.2, -0.15) is 4.98 Å². The zero-order valence-corrected chi connectivity index (χ0v) is 22.0. The lowest BCUT2D eigenvalue weighted by atomic mass is 10.1. The van der Waals surface area contributed by atoms with Crippen molar-refractivity contribution < 1.29 is 18.8 Å². The molecule has 0 N–H and O–H groups in total. The Morgan fingerprint density at radius 1 is 1.23 bits per heavy atom. The highest BCUT2D eigenvalue weighted by molar-refractivity contribution is 5.98. The lowest BCUT2D eigenvalue weighted by molar-refractivity contribution is 0.0585. The van der Waals surface area contributed by atoms with Gasteiger partial charge in [0.2, 0.25) is 11.7 Å². The van der Waals surface area contributed by atoms with E-state index in [4.69, 9.17) is 14.0 Å². The molecule has 0 fully saturated rings. The van der Waals surface area contributed by atoms with Crippen LogP contribution >= 0.6 is 0 Å². The molecule has 9 nitrogen and oxygen atoms in total. The number of aryl methyl sites for hydroxylation is 1. The number of ether oxygens (including phenoxy) is 2. The van der Waals surface area contributed by atoms with Gasteiger partial charge in [-0.25, -0.2) is 4.79 Å². The molecule has 2 heterocycles. The van der Waals surface area contributed by atoms with Gasteiger partial charge in [0.1, 0.15) is 5.60 Å². The van der Waals surface area contributed by atoms with Gasteiger partial charge in [0.15, 0.2) is 11.6 Å². The van der Waals surface area contributed by atoms with Gasteiger partial charge in [0, 0.05) is 31.5 Å². The molecule has 3 aromatic rings. The van der Waals surface area contributed by atoms with Gasteiger partial charge in [0.25, 0.3) is 5.56 Å². The average Bonchev–Trinajstić information content (AvgIpc) is 3.21. The number of pyridine rings is 1. The van der Waals surface area contributed by atoms with E-state index < -0.39 is 11.7 Å². The van der Waals surface area contributed by atoms with E-state index in [2.05, 4.69) is 17.1 Å². The molecule has 0 atom stereocenters. The summed E-state index contributed by atoms with van der Waals surface area (Å²) in [5, 5.41) is 5.08. The summed E-state index contributed by atoms with van der Waals surface area (Å²) in [4.78, 5) is 32.5. The van der Waals surface area contributed by atoms with Crippen LogP contribution in [0.4, 0.5) is 10.6 Å². The molecule has 0 aliphatic heterocycles. The molecule has 0 saturated carbocycles. The number of unbranched alkanes of at least 4 members (excludes halogenated alkanes) is 1. The molecule has 190 valence electrons. The van der Waals surface area contributed by atoms with Gasteiger partial charge >= 0.3 is 6.09 Å². The number of fused-ring (bicyclic) bond motifs is 1. The molecule has 0 unspecified atom stereocenters. The quantitative estimate of drug-likeness (QED) is 0.386. The number of hydrogen-bond acceptors (Lipinski definition) is 7. The predicted molar refractivity (Wildman–Crippen MR) is 136 cm³/mol. The summed E-state index contributed by atoms with van der Waals surface area (Å²) >= 11 is 0. The molecule has 0 aliphatic rings. The van der Waals surface area contributed by atoms with Crippen LogP contribution in [-0.2, 0) is 11.3 Å². The van der Waals surface area contributed by atoms with E-state index in [1.165, 1.54) is 4.90 Å². The molecule has 1 aromatic carbocycles. The van der Waals surface area contributed by atoms with Crippen LogP contribution in [0.1, 0.15) is 60.3 Å². The number of nitrogens with zero attached hydrogens (tertiary/aromatic N) is 4. The van der Waals surface area contributed by atoms with E-state index in [0.29, 0.717) is 52.8 Å². The number of carbonyl (C=O) groups is 1. The van der Waals surface area contributed by atoms with Gasteiger partial charge in [-0.3, -0.25) is 14.3 Å². The number of benzene rings is 1. The minimum atomic E-state index is -0.696. The lowest BCUT2D eigenvalue weighted by Crippen LogP contribution is -2.38. The Kier molecular flexibility index (Phi) is 7.87. The summed E-state index contributed by atoms with van der Waals surface area (Å²) in [6.45, 7) is 14.1. The first kappa shape index (κ1) is 26.2. The highest BCUT2D eigenvalue weighted by atomic mass is 16.6. The van der Waals surface area contributed by atoms with Crippen molar-refractivity contribution in [1.29, 1.82) is 0 Å². The van der Waals surface area contributed by atoms with E-state index in [-0.39, 0.29) is 11.5 Å². The Morgan fingerprint density at radius 2 is 1.94 bits per heavy atom. The maximum Gasteiger partial charge on any atom is 0.415 e. The van der Waals surface area contributed by atoms with Crippen LogP contribution in [0.15, 0.2) is 27.5 Å². The predicted octanol–water partition coefficient (Wildman–Crippen LogP) is 5.57. The maximum absolute atomic E-state index is 13.7. The first-order valence-electron chi connectivity index (χ1n) is 12.0. The Bertz CT molecular complexity index is 1250. The zero-order chi connectivity index (χ0) is 25.9. The largest absolute Gasteiger partial charge is 0.489 e. The third-order valence-corrected chi connectivity index (χ3v) is 5.26. The van der Waals surface area contributed by atoms with E-state index in [0.717, 1.165) is 12.8 Å². The van der Waals surface area contributed by atoms with E-state index >= 15 is 0 Å². The minimum absolute atomic E-state index is 0.154. The highest BCUT2D eigenvalue weighted by Gasteiger charge is 2.28. The van der Waals surface area contributed by atoms with Crippen LogP contribution in [0.3, 0.4) is 0 Å². The molecule has 2 aromatic heterocycles. The third-order valence-electron chi connectivity index (χ3n) is 5.26. The fourth-order valence-corrected chi connectivity index (χ4v) is 3.70. The van der Waals surface area contributed by atoms with Crippen molar-refractivity contribution in [1.82, 2.24) is 14.7 Å². The fourth-order valence-electron chi connectivity index (χ4n) is 3.70. The van der Waals surface area contributed by atoms with Crippen molar-refractivity contribution >= 4 is 22.7 Å². The summed E-state index contributed by atoms with van der Waals surface area (Å²) in [6.07, 6.45) is 1.19. The van der Waals surface area contributed by atoms with Crippen LogP contribution in [0.2, 0.25) is 0 Å². The number of anilines is 1. The van der Waals surface area contributed by atoms with Gasteiger partial charge < -0.3 is 14.0 Å². The summed E-state index contributed by atoms with van der Waals surface area (Å²) in [6, 6.07) is 5.36. The van der Waals surface area contributed by atoms with Gasteiger partial charge in [-0.15, -0.1) is 0 Å². The number of carbonyl (C=O) groups excluding carboxylic acids is 1. The highest BCUT2D eigenvalue weighted by Crippen LogP contribution is 2.37. The SMILES string of the molecule is CCCCOc1c(N(C)C(=O)OC(C)(C)C)n(CC(C)C)c(=O)c2ccc(-c3noc(C)n3)cc12. The molecule has 35 heavy (non-hydrogen) atoms. The second-order valence-corrected chi connectivity index (χ2v) is 10.1. The molecular formula is C26H36N4O5. The maximum atomic E-state index is 13.7. The fraction of sp³-hybridized carbons (Fsp3) is 0.538. The Morgan fingerprint density at radius 3 is 2.51 bits per heavy atom. The average molecular weight is 485 g/mol. The molecule has 0 bridgehead atoms. The number of amides is 1. The summed E-state index contributed by atoms with van der Waals surface area (Å²) in [5.74, 6) is 1.82. The number of rotatable bonds is 8. The van der Waals surface area contributed by atoms with Crippen molar-refractivity contribution in [3.63, 3.8) is 0 Å². The van der Waals surface area contributed by atoms with E-state index in [1.54, 1.807) is 51.4 Å². The second kappa shape index (κ2) is 10.5. The molecular weight excluding hydrogens is 448 g/mol. The molecule has 1 amide bonds. The molecule has 3 rings (SSSR count). The summed E-state index contributed by atoms with van der Waals surface area (Å²) in [7, 11) is 1.60. The summed E-state index contributed by atoms with van der Waals surface area (Å²) < 4.78 is 18.7. The first-order valence-corrected chi connectivity index (χ1v) is 12.0. The van der Waals surface area contributed by atoms with Crippen LogP contribution < -0.4 is 15.2 Å². The molecule has 0 radical (unpaired) electrons. The zero-order valence-electron chi connectivity index (χ0n) is 22.0. The third kappa shape index (κ3) is 6.01. The standard InChI is InChI=1S/C26H36N4O5/c1-9-10-13-33-21-20-14-18(22-27-17(4)35-28-22)11-12-19(20)24(31)30(15-16(2)3)23(21)29(8)25(32)34-26(5,6)7/h11-12,14,16H,9-10,13,15H2,1-8H3. The molecule has 0 aliphatic carbocycles. The lowest BCUT2D eigenvalue weighted by Gasteiger charge is -2.29. The Hall–Kier alpha value is -3.36. The van der Waals surface area contributed by atoms with Crippen molar-refractivity contribution in [2.75, 3.05) is 18.6 Å². The smallest absolute Gasteiger partial charge is 0.415 e. The normalized spacial score (nSPS) is 11.8. The topological polar surface area (TPSA) is 99.7 Å². The summed E-state index contributed by atoms with van der Waals surface area (Å²) in [5.41, 5.74) is -0.225. The van der Waals surface area contributed by atoms with Gasteiger partial charge in [-0.1, -0.05) is 38.4 Å². The second-order valence-electron chi connectivity index (χ2n) is 10.1. The van der Waals surface area contributed by atoms with Crippen molar-refractivity contribution in [3.05, 3.63) is 34.4 Å². The van der Waals surface area contributed by atoms with Crippen molar-refractivity contribution in [3.8, 4) is 17.1 Å². The monoisotopic (exact) mass is 484 g/mol. The number of aromatic nitrogens is 3.